The highest BCUT2D eigenvalue weighted by molar-refractivity contribution is 9.10. The minimum atomic E-state index is -3.84. The molecule has 1 aliphatic heterocycles. The van der Waals surface area contributed by atoms with Gasteiger partial charge in [-0.3, -0.25) is 14.5 Å². The molecule has 1 aliphatic rings. The summed E-state index contributed by atoms with van der Waals surface area (Å²) >= 11 is 6.13. The first-order chi connectivity index (χ1) is 20.7. The van der Waals surface area contributed by atoms with Gasteiger partial charge in [0.2, 0.25) is 10.0 Å². The highest BCUT2D eigenvalue weighted by Crippen LogP contribution is 2.36. The number of benzene rings is 2. The summed E-state index contributed by atoms with van der Waals surface area (Å²) in [6.07, 6.45) is 4.82. The number of amides is 2. The summed E-state index contributed by atoms with van der Waals surface area (Å²) in [6, 6.07) is 18.0. The standard InChI is InChI=1S/C28H22BrN5O6S3/c29-19-5-10-24(40-17-26(35)32-20-6-8-23(9-7-20)43(30,37)38)18(13-19)14-25-27(36)34(16-21-3-1-11-39-21)28(42-25)33-31-15-22-4-2-12-41-22/h1-15H,16-17H2,(H,32,35)(H2,30,37,38)/b25-14-,31-15-,33-28+. The van der Waals surface area contributed by atoms with E-state index in [0.717, 1.165) is 21.1 Å². The van der Waals surface area contributed by atoms with E-state index in [1.54, 1.807) is 42.6 Å². The summed E-state index contributed by atoms with van der Waals surface area (Å²) in [5.74, 6) is 0.182. The summed E-state index contributed by atoms with van der Waals surface area (Å²) in [4.78, 5) is 28.8. The van der Waals surface area contributed by atoms with Gasteiger partial charge in [0.1, 0.15) is 11.5 Å². The predicted octanol–water partition coefficient (Wildman–Crippen LogP) is 5.28. The van der Waals surface area contributed by atoms with Crippen molar-refractivity contribution in [3.05, 3.63) is 104 Å². The monoisotopic (exact) mass is 699 g/mol. The lowest BCUT2D eigenvalue weighted by Crippen LogP contribution is -2.28. The molecule has 1 fully saturated rings. The van der Waals surface area contributed by atoms with Gasteiger partial charge in [-0.2, -0.15) is 5.10 Å². The number of primary sulfonamides is 1. The van der Waals surface area contributed by atoms with Crippen molar-refractivity contribution < 1.29 is 27.2 Å². The van der Waals surface area contributed by atoms with Gasteiger partial charge in [0.05, 0.1) is 28.8 Å². The highest BCUT2D eigenvalue weighted by Gasteiger charge is 2.34. The van der Waals surface area contributed by atoms with E-state index in [-0.39, 0.29) is 24.0 Å². The fraction of sp³-hybridized carbons (Fsp3) is 0.0714. The maximum atomic E-state index is 13.5. The maximum absolute atomic E-state index is 13.5. The average molecular weight is 701 g/mol. The van der Waals surface area contributed by atoms with Crippen molar-refractivity contribution in [2.75, 3.05) is 11.9 Å². The summed E-state index contributed by atoms with van der Waals surface area (Å²) in [7, 11) is -3.84. The third-order valence-corrected chi connectivity index (χ3v) is 8.96. The zero-order valence-electron chi connectivity index (χ0n) is 22.0. The fourth-order valence-corrected chi connectivity index (χ4v) is 6.15. The van der Waals surface area contributed by atoms with Crippen molar-refractivity contribution in [2.45, 2.75) is 11.4 Å². The van der Waals surface area contributed by atoms with Crippen LogP contribution in [0.2, 0.25) is 0 Å². The Morgan fingerprint density at radius 2 is 1.95 bits per heavy atom. The van der Waals surface area contributed by atoms with Crippen LogP contribution in [-0.2, 0) is 26.2 Å². The Morgan fingerprint density at radius 1 is 1.14 bits per heavy atom. The van der Waals surface area contributed by atoms with Crippen LogP contribution in [0.4, 0.5) is 5.69 Å². The van der Waals surface area contributed by atoms with Crippen LogP contribution in [0.25, 0.3) is 6.08 Å². The van der Waals surface area contributed by atoms with Crippen molar-refractivity contribution in [3.63, 3.8) is 0 Å². The molecule has 0 spiro atoms. The number of thioether (sulfide) groups is 1. The van der Waals surface area contributed by atoms with Crippen molar-refractivity contribution in [2.24, 2.45) is 15.3 Å². The molecule has 43 heavy (non-hydrogen) atoms. The fourth-order valence-electron chi connectivity index (χ4n) is 3.75. The van der Waals surface area contributed by atoms with Gasteiger partial charge in [-0.25, -0.2) is 13.6 Å². The number of hydrogen-bond acceptors (Lipinski definition) is 10. The number of nitrogens with two attached hydrogens (primary N) is 1. The lowest BCUT2D eigenvalue weighted by Gasteiger charge is -2.13. The Morgan fingerprint density at radius 3 is 2.65 bits per heavy atom. The zero-order chi connectivity index (χ0) is 30.4. The lowest BCUT2D eigenvalue weighted by molar-refractivity contribution is -0.122. The number of anilines is 1. The molecule has 0 bridgehead atoms. The third-order valence-electron chi connectivity index (χ3n) is 5.74. The van der Waals surface area contributed by atoms with Crippen LogP contribution in [0.15, 0.2) is 107 Å². The molecule has 11 nitrogen and oxygen atoms in total. The van der Waals surface area contributed by atoms with Crippen molar-refractivity contribution >= 4 is 84.0 Å². The van der Waals surface area contributed by atoms with Gasteiger partial charge >= 0.3 is 0 Å². The van der Waals surface area contributed by atoms with Crippen LogP contribution in [0, 0.1) is 0 Å². The summed E-state index contributed by atoms with van der Waals surface area (Å²) in [6.45, 7) is -0.172. The number of furan rings is 1. The molecule has 0 saturated carbocycles. The molecule has 0 atom stereocenters. The molecule has 4 aromatic rings. The number of amidine groups is 1. The molecule has 0 unspecified atom stereocenters. The molecule has 2 aromatic carbocycles. The summed E-state index contributed by atoms with van der Waals surface area (Å²) in [5, 5.41) is 18.5. The van der Waals surface area contributed by atoms with Crippen molar-refractivity contribution in [1.82, 2.24) is 4.90 Å². The summed E-state index contributed by atoms with van der Waals surface area (Å²) in [5.41, 5.74) is 0.925. The quantitative estimate of drug-likeness (QED) is 0.130. The summed E-state index contributed by atoms with van der Waals surface area (Å²) < 4.78 is 34.9. The van der Waals surface area contributed by atoms with Gasteiger partial charge in [0.15, 0.2) is 11.8 Å². The minimum absolute atomic E-state index is 0.0705. The van der Waals surface area contributed by atoms with E-state index in [0.29, 0.717) is 32.8 Å². The molecule has 1 saturated heterocycles. The second-order valence-corrected chi connectivity index (χ2v) is 13.3. The van der Waals surface area contributed by atoms with Gasteiger partial charge in [0.25, 0.3) is 11.8 Å². The largest absolute Gasteiger partial charge is 0.483 e. The number of sulfonamides is 1. The molecular formula is C28H22BrN5O6S3. The van der Waals surface area contributed by atoms with E-state index in [1.807, 2.05) is 17.5 Å². The molecule has 220 valence electrons. The molecule has 2 amide bonds. The van der Waals surface area contributed by atoms with E-state index >= 15 is 0 Å². The topological polar surface area (TPSA) is 157 Å². The molecule has 5 rings (SSSR count). The molecule has 0 aliphatic carbocycles. The number of carbonyl (C=O) groups excluding carboxylic acids is 2. The van der Waals surface area contributed by atoms with Crippen molar-refractivity contribution in [3.8, 4) is 5.75 Å². The van der Waals surface area contributed by atoms with Crippen LogP contribution in [0.1, 0.15) is 16.2 Å². The van der Waals surface area contributed by atoms with E-state index in [9.17, 15) is 18.0 Å². The van der Waals surface area contributed by atoms with Gasteiger partial charge < -0.3 is 14.5 Å². The Bertz CT molecular complexity index is 1820. The highest BCUT2D eigenvalue weighted by atomic mass is 79.9. The van der Waals surface area contributed by atoms with Gasteiger partial charge in [0, 0.05) is 20.6 Å². The van der Waals surface area contributed by atoms with Crippen LogP contribution in [0.3, 0.4) is 0 Å². The molecule has 3 N–H and O–H groups in total. The van der Waals surface area contributed by atoms with Gasteiger partial charge in [-0.05, 0) is 83.9 Å². The number of nitrogens with zero attached hydrogens (tertiary/aromatic N) is 3. The predicted molar refractivity (Wildman–Crippen MR) is 170 cm³/mol. The first kappa shape index (κ1) is 30.4. The SMILES string of the molecule is NS(=O)(=O)c1ccc(NC(=O)COc2ccc(Br)cc2/C=C2\S/C(=N/N=C\c3cccs3)N(Cc3ccco3)C2=O)cc1. The number of thiophene rings is 1. The molecule has 0 radical (unpaired) electrons. The third kappa shape index (κ3) is 8.09. The second kappa shape index (κ2) is 13.5. The number of hydrogen-bond donors (Lipinski definition) is 2. The first-order valence-corrected chi connectivity index (χ1v) is 16.4. The van der Waals surface area contributed by atoms with E-state index in [1.165, 1.54) is 46.8 Å². The smallest absolute Gasteiger partial charge is 0.267 e. The number of carbonyl (C=O) groups is 2. The number of nitrogens with one attached hydrogen (secondary N) is 1. The molecule has 3 heterocycles. The number of rotatable bonds is 10. The zero-order valence-corrected chi connectivity index (χ0v) is 26.1. The molecule has 15 heteroatoms. The van der Waals surface area contributed by atoms with Crippen LogP contribution in [0.5, 0.6) is 5.75 Å². The van der Waals surface area contributed by atoms with E-state index in [2.05, 4.69) is 31.4 Å². The van der Waals surface area contributed by atoms with Crippen LogP contribution >= 0.6 is 39.0 Å². The number of ether oxygens (including phenoxy) is 1. The second-order valence-electron chi connectivity index (χ2n) is 8.81. The Balaban J connectivity index is 1.33. The first-order valence-electron chi connectivity index (χ1n) is 12.4. The van der Waals surface area contributed by atoms with E-state index in [4.69, 9.17) is 14.3 Å². The van der Waals surface area contributed by atoms with Crippen molar-refractivity contribution in [1.29, 1.82) is 0 Å². The maximum Gasteiger partial charge on any atom is 0.267 e. The Hall–Kier alpha value is -4.02. The minimum Gasteiger partial charge on any atom is -0.483 e. The van der Waals surface area contributed by atoms with Gasteiger partial charge in [-0.15, -0.1) is 16.4 Å². The number of halogens is 1. The van der Waals surface area contributed by atoms with E-state index < -0.39 is 15.9 Å². The molecular weight excluding hydrogens is 678 g/mol. The van der Waals surface area contributed by atoms with Crippen LogP contribution in [-0.4, -0.2) is 43.1 Å². The van der Waals surface area contributed by atoms with Gasteiger partial charge in [-0.1, -0.05) is 22.0 Å². The Labute approximate surface area is 263 Å². The average Bonchev–Trinajstić information content (AvgIpc) is 3.73. The lowest BCUT2D eigenvalue weighted by atomic mass is 10.2. The Kier molecular flexibility index (Phi) is 9.57. The normalized spacial score (nSPS) is 15.6. The van der Waals surface area contributed by atoms with Crippen LogP contribution < -0.4 is 15.2 Å². The molecule has 2 aromatic heterocycles.